The second-order valence-corrected chi connectivity index (χ2v) is 15.1. The van der Waals surface area contributed by atoms with E-state index in [-0.39, 0.29) is 23.7 Å². The maximum Gasteiger partial charge on any atom is 0.325 e. The van der Waals surface area contributed by atoms with Crippen molar-refractivity contribution in [1.82, 2.24) is 9.88 Å². The van der Waals surface area contributed by atoms with E-state index in [1.807, 2.05) is 6.92 Å². The zero-order valence-corrected chi connectivity index (χ0v) is 29.4. The second kappa shape index (κ2) is 13.2. The van der Waals surface area contributed by atoms with Crippen molar-refractivity contribution >= 4 is 78.3 Å². The summed E-state index contributed by atoms with van der Waals surface area (Å²) < 4.78 is 1.74. The molecular weight excluding hydrogens is 708 g/mol. The highest BCUT2D eigenvalue weighted by Gasteiger charge is 2.58. The molecule has 42 heavy (non-hydrogen) atoms. The van der Waals surface area contributed by atoms with Gasteiger partial charge in [-0.1, -0.05) is 43.9 Å². The van der Waals surface area contributed by atoms with E-state index in [9.17, 15) is 14.7 Å². The summed E-state index contributed by atoms with van der Waals surface area (Å²) in [7, 11) is 5.22. The summed E-state index contributed by atoms with van der Waals surface area (Å²) in [6.07, 6.45) is 7.84. The summed E-state index contributed by atoms with van der Waals surface area (Å²) in [6.45, 7) is 4.33. The number of oxime groups is 1. The van der Waals surface area contributed by atoms with Gasteiger partial charge in [-0.2, -0.15) is 0 Å². The Balaban J connectivity index is 0.00000405. The molecule has 0 spiro atoms. The van der Waals surface area contributed by atoms with E-state index in [0.717, 1.165) is 63.6 Å². The van der Waals surface area contributed by atoms with Crippen LogP contribution in [0.3, 0.4) is 0 Å². The fraction of sp³-hybridized carbons (Fsp3) is 0.600. The van der Waals surface area contributed by atoms with Crippen LogP contribution >= 0.6 is 55.6 Å². The predicted molar refractivity (Wildman–Crippen MR) is 176 cm³/mol. The van der Waals surface area contributed by atoms with Crippen molar-refractivity contribution in [1.29, 1.82) is 0 Å². The van der Waals surface area contributed by atoms with E-state index in [4.69, 9.17) is 4.84 Å². The van der Waals surface area contributed by atoms with Crippen molar-refractivity contribution in [3.8, 4) is 0 Å². The Morgan fingerprint density at radius 3 is 2.69 bits per heavy atom. The number of amides is 1. The molecule has 2 fully saturated rings. The molecule has 4 unspecified atom stereocenters. The number of benzene rings is 1. The molecule has 0 radical (unpaired) electrons. The Morgan fingerprint density at radius 2 is 2.07 bits per heavy atom. The third-order valence-corrected chi connectivity index (χ3v) is 12.1. The van der Waals surface area contributed by atoms with Gasteiger partial charge in [0.05, 0.1) is 5.71 Å². The van der Waals surface area contributed by atoms with Gasteiger partial charge in [0, 0.05) is 37.4 Å². The Morgan fingerprint density at radius 1 is 1.33 bits per heavy atom. The molecule has 2 saturated carbocycles. The fourth-order valence-corrected chi connectivity index (χ4v) is 10.5. The molecule has 2 N–H and O–H groups in total. The molecule has 3 aliphatic rings. The molecule has 2 aromatic rings. The summed E-state index contributed by atoms with van der Waals surface area (Å²) in [5.41, 5.74) is 4.40. The second-order valence-electron chi connectivity index (χ2n) is 12.2. The largest absolute Gasteiger partial charge is 0.480 e. The average molecular weight is 747 g/mol. The summed E-state index contributed by atoms with van der Waals surface area (Å²) in [6, 6.07) is 1.44. The van der Waals surface area contributed by atoms with Crippen LogP contribution in [0, 0.1) is 30.1 Å². The number of rotatable bonds is 8. The van der Waals surface area contributed by atoms with Gasteiger partial charge < -0.3 is 15.3 Å². The van der Waals surface area contributed by atoms with Crippen LogP contribution in [0.1, 0.15) is 79.0 Å². The lowest BCUT2D eigenvalue weighted by Gasteiger charge is -2.50. The van der Waals surface area contributed by atoms with Gasteiger partial charge in [-0.3, -0.25) is 14.5 Å². The number of nitrogens with zero attached hydrogens (tertiary/aromatic N) is 3. The highest BCUT2D eigenvalue weighted by atomic mass is 79.9. The molecule has 0 bridgehead atoms. The molecule has 6 atom stereocenters. The zero-order valence-electron chi connectivity index (χ0n) is 24.6. The zero-order chi connectivity index (χ0) is 29.6. The number of fused-ring (bicyclic) bond motifs is 5. The first-order chi connectivity index (χ1) is 19.5. The van der Waals surface area contributed by atoms with Crippen molar-refractivity contribution in [2.75, 3.05) is 26.5 Å². The Bertz CT molecular complexity index is 1390. The molecule has 1 heterocycles. The van der Waals surface area contributed by atoms with E-state index in [0.29, 0.717) is 35.2 Å². The van der Waals surface area contributed by atoms with Gasteiger partial charge in [0.15, 0.2) is 5.13 Å². The number of hydrogen-bond acceptors (Lipinski definition) is 7. The number of carbonyl (C=O) groups is 2. The predicted octanol–water partition coefficient (Wildman–Crippen LogP) is 7.59. The molecule has 1 aromatic carbocycles. The van der Waals surface area contributed by atoms with Gasteiger partial charge in [0.25, 0.3) is 0 Å². The lowest BCUT2D eigenvalue weighted by Crippen LogP contribution is -2.44. The summed E-state index contributed by atoms with van der Waals surface area (Å²) in [4.78, 5) is 37.5. The van der Waals surface area contributed by atoms with Crippen molar-refractivity contribution in [3.63, 3.8) is 0 Å². The molecule has 3 aliphatic carbocycles. The highest BCUT2D eigenvalue weighted by molar-refractivity contribution is 9.11. The molecule has 0 aliphatic heterocycles. The van der Waals surface area contributed by atoms with E-state index in [2.05, 4.69) is 60.3 Å². The molecule has 5 rings (SSSR count). The Labute approximate surface area is 274 Å². The van der Waals surface area contributed by atoms with Crippen molar-refractivity contribution in [2.24, 2.45) is 28.3 Å². The average Bonchev–Trinajstić information content (AvgIpc) is 3.44. The Hall–Kier alpha value is -1.53. The summed E-state index contributed by atoms with van der Waals surface area (Å²) in [5, 5.41) is 18.2. The highest BCUT2D eigenvalue weighted by Crippen LogP contribution is 2.63. The minimum atomic E-state index is -0.869. The number of thiazole rings is 1. The number of carboxylic acids is 1. The van der Waals surface area contributed by atoms with Gasteiger partial charge in [-0.05, 0) is 100 Å². The van der Waals surface area contributed by atoms with E-state index >= 15 is 0 Å². The van der Waals surface area contributed by atoms with Gasteiger partial charge in [-0.15, -0.1) is 23.7 Å². The number of anilines is 1. The molecular formula is C30H39Br2ClN4O4S. The Kier molecular flexibility index (Phi) is 10.5. The molecule has 1 aromatic heterocycles. The third kappa shape index (κ3) is 6.05. The third-order valence-electron chi connectivity index (χ3n) is 9.66. The standard InChI is InChI=1S/C30H38Br2N4O4S.ClH/c1-15-14-33-29(41-15)34-23(37)9-6-16-12-22(35-40-5)30(2)11-10-17-18(25(16)30)7-8-19-20(17)13-21(31)24(26(19)32)27(28(38)39)36(3)4;/h13-14,16-18,25,27H,6-12H2,1-5H3,(H,38,39)(H,33,34,37);1H/b35-22-;/t16-,17?,18?,25?,27?,30-;/m1./s1. The molecule has 0 saturated heterocycles. The van der Waals surface area contributed by atoms with Crippen LogP contribution in [0.15, 0.2) is 26.4 Å². The van der Waals surface area contributed by atoms with Gasteiger partial charge in [-0.25, -0.2) is 4.98 Å². The lowest BCUT2D eigenvalue weighted by molar-refractivity contribution is -0.142. The number of aryl methyl sites for hydroxylation is 1. The fourth-order valence-electron chi connectivity index (χ4n) is 8.03. The van der Waals surface area contributed by atoms with Crippen LogP contribution in [0.2, 0.25) is 0 Å². The van der Waals surface area contributed by atoms with Crippen LogP contribution in [-0.4, -0.2) is 53.8 Å². The monoisotopic (exact) mass is 744 g/mol. The molecule has 230 valence electrons. The first-order valence-electron chi connectivity index (χ1n) is 14.2. The number of aliphatic carboxylic acids is 1. The van der Waals surface area contributed by atoms with Crippen molar-refractivity contribution in [3.05, 3.63) is 42.8 Å². The SMILES string of the molecule is CO/N=C1/C[C@@H](CCC(=O)Nc2ncc(C)s2)C2C3CCc4c(cc(Br)c(C(C(=O)O)N(C)C)c4Br)C3CC[C@]12C.Cl. The van der Waals surface area contributed by atoms with Crippen LogP contribution in [0.5, 0.6) is 0 Å². The summed E-state index contributed by atoms with van der Waals surface area (Å²) in [5.74, 6) is 0.694. The van der Waals surface area contributed by atoms with Gasteiger partial charge >= 0.3 is 5.97 Å². The number of carboxylic acid groups (broad SMARTS) is 1. The van der Waals surface area contributed by atoms with Gasteiger partial charge in [0.1, 0.15) is 13.2 Å². The molecule has 1 amide bonds. The van der Waals surface area contributed by atoms with Crippen molar-refractivity contribution in [2.45, 2.75) is 70.8 Å². The quantitative estimate of drug-likeness (QED) is 0.270. The normalized spacial score (nSPS) is 28.0. The van der Waals surface area contributed by atoms with E-state index < -0.39 is 12.0 Å². The number of likely N-dealkylation sites (N-methyl/N-ethyl adjacent to an activating group) is 1. The number of halogens is 3. The summed E-state index contributed by atoms with van der Waals surface area (Å²) >= 11 is 9.09. The lowest BCUT2D eigenvalue weighted by atomic mass is 9.54. The van der Waals surface area contributed by atoms with Crippen LogP contribution in [0.25, 0.3) is 0 Å². The number of aromatic nitrogens is 1. The minimum Gasteiger partial charge on any atom is -0.480 e. The number of hydrogen-bond donors (Lipinski definition) is 2. The maximum atomic E-state index is 12.9. The molecule has 12 heteroatoms. The topological polar surface area (TPSA) is 104 Å². The minimum absolute atomic E-state index is 0. The van der Waals surface area contributed by atoms with Crippen LogP contribution < -0.4 is 5.32 Å². The smallest absolute Gasteiger partial charge is 0.325 e. The first kappa shape index (κ1) is 33.4. The molecule has 8 nitrogen and oxygen atoms in total. The van der Waals surface area contributed by atoms with Gasteiger partial charge in [0.2, 0.25) is 5.91 Å². The van der Waals surface area contributed by atoms with E-state index in [1.165, 1.54) is 22.5 Å². The number of carbonyl (C=O) groups excluding carboxylic acids is 1. The van der Waals surface area contributed by atoms with Crippen LogP contribution in [0.4, 0.5) is 5.13 Å². The van der Waals surface area contributed by atoms with E-state index in [1.54, 1.807) is 32.3 Å². The first-order valence-corrected chi connectivity index (χ1v) is 16.6. The van der Waals surface area contributed by atoms with Crippen molar-refractivity contribution < 1.29 is 19.5 Å². The number of nitrogens with one attached hydrogen (secondary N) is 1. The maximum absolute atomic E-state index is 12.9. The van der Waals surface area contributed by atoms with Crippen LogP contribution in [-0.2, 0) is 20.8 Å².